The summed E-state index contributed by atoms with van der Waals surface area (Å²) in [6.45, 7) is 2.15. The fourth-order valence-electron chi connectivity index (χ4n) is 2.97. The normalized spacial score (nSPS) is 11.2. The van der Waals surface area contributed by atoms with Gasteiger partial charge in [-0.3, -0.25) is 0 Å². The molecule has 0 saturated heterocycles. The van der Waals surface area contributed by atoms with Crippen molar-refractivity contribution in [3.63, 3.8) is 0 Å². The second-order valence-electron chi connectivity index (χ2n) is 5.54. The molecule has 4 rings (SSSR count). The smallest absolute Gasteiger partial charge is 0.118 e. The summed E-state index contributed by atoms with van der Waals surface area (Å²) in [5, 5.41) is 6.14. The molecule has 0 radical (unpaired) electrons. The van der Waals surface area contributed by atoms with Crippen LogP contribution in [0.2, 0.25) is 0 Å². The Bertz CT molecular complexity index is 964. The molecule has 0 fully saturated rings. The lowest BCUT2D eigenvalue weighted by Gasteiger charge is -2.10. The molecule has 0 spiro atoms. The lowest BCUT2D eigenvalue weighted by molar-refractivity contribution is 0.415. The highest BCUT2D eigenvalue weighted by molar-refractivity contribution is 7.18. The van der Waals surface area contributed by atoms with E-state index in [9.17, 15) is 0 Å². The molecule has 1 aromatic heterocycles. The van der Waals surface area contributed by atoms with Crippen molar-refractivity contribution in [3.05, 3.63) is 65.5 Å². The van der Waals surface area contributed by atoms with Crippen molar-refractivity contribution >= 4 is 32.2 Å². The van der Waals surface area contributed by atoms with Gasteiger partial charge in [0.25, 0.3) is 0 Å². The zero-order chi connectivity index (χ0) is 15.1. The minimum atomic E-state index is 0.890. The summed E-state index contributed by atoms with van der Waals surface area (Å²) >= 11 is 1.81. The van der Waals surface area contributed by atoms with E-state index in [0.29, 0.717) is 0 Å². The minimum absolute atomic E-state index is 0.890. The van der Waals surface area contributed by atoms with E-state index >= 15 is 0 Å². The number of fused-ring (bicyclic) bond motifs is 3. The standard InChI is InChI=1S/C20H16OS/c1-13-3-8-17-19(11-13)18(12-15-9-10-22-20(15)17)14-4-6-16(21-2)7-5-14/h3-12H,1-2H3. The highest BCUT2D eigenvalue weighted by Gasteiger charge is 2.10. The molecule has 3 aromatic carbocycles. The molecule has 0 atom stereocenters. The largest absolute Gasteiger partial charge is 0.497 e. The number of hydrogen-bond donors (Lipinski definition) is 0. The average molecular weight is 304 g/mol. The van der Waals surface area contributed by atoms with Gasteiger partial charge in [0.2, 0.25) is 0 Å². The van der Waals surface area contributed by atoms with Gasteiger partial charge in [-0.25, -0.2) is 0 Å². The van der Waals surface area contributed by atoms with Crippen LogP contribution in [0.3, 0.4) is 0 Å². The third-order valence-electron chi connectivity index (χ3n) is 4.11. The van der Waals surface area contributed by atoms with E-state index in [4.69, 9.17) is 4.74 Å². The van der Waals surface area contributed by atoms with Gasteiger partial charge < -0.3 is 4.74 Å². The number of thiophene rings is 1. The van der Waals surface area contributed by atoms with Crippen LogP contribution in [0, 0.1) is 6.92 Å². The lowest BCUT2D eigenvalue weighted by Crippen LogP contribution is -1.85. The van der Waals surface area contributed by atoms with Crippen molar-refractivity contribution in [1.29, 1.82) is 0 Å². The maximum atomic E-state index is 5.27. The van der Waals surface area contributed by atoms with Gasteiger partial charge >= 0.3 is 0 Å². The number of hydrogen-bond acceptors (Lipinski definition) is 2. The van der Waals surface area contributed by atoms with Crippen LogP contribution in [0.1, 0.15) is 5.56 Å². The molecule has 108 valence electrons. The lowest BCUT2D eigenvalue weighted by atomic mass is 9.95. The van der Waals surface area contributed by atoms with Gasteiger partial charge in [0.1, 0.15) is 5.75 Å². The number of benzene rings is 3. The van der Waals surface area contributed by atoms with Crippen LogP contribution < -0.4 is 4.74 Å². The van der Waals surface area contributed by atoms with Crippen molar-refractivity contribution in [3.8, 4) is 16.9 Å². The number of ether oxygens (including phenoxy) is 1. The molecule has 0 aliphatic carbocycles. The quantitative estimate of drug-likeness (QED) is 0.439. The molecule has 1 heterocycles. The minimum Gasteiger partial charge on any atom is -0.497 e. The van der Waals surface area contributed by atoms with Crippen molar-refractivity contribution in [2.75, 3.05) is 7.11 Å². The Morgan fingerprint density at radius 3 is 2.45 bits per heavy atom. The molecule has 4 aromatic rings. The van der Waals surface area contributed by atoms with Crippen LogP contribution in [-0.4, -0.2) is 7.11 Å². The van der Waals surface area contributed by atoms with E-state index in [1.807, 2.05) is 23.5 Å². The zero-order valence-electron chi connectivity index (χ0n) is 12.6. The van der Waals surface area contributed by atoms with Gasteiger partial charge in [-0.1, -0.05) is 35.9 Å². The Balaban J connectivity index is 2.06. The van der Waals surface area contributed by atoms with E-state index in [0.717, 1.165) is 5.75 Å². The summed E-state index contributed by atoms with van der Waals surface area (Å²) in [5.74, 6) is 0.890. The van der Waals surface area contributed by atoms with E-state index < -0.39 is 0 Å². The molecule has 2 heteroatoms. The van der Waals surface area contributed by atoms with Crippen molar-refractivity contribution < 1.29 is 4.74 Å². The van der Waals surface area contributed by atoms with Crippen LogP contribution in [0.5, 0.6) is 5.75 Å². The number of methoxy groups -OCH3 is 1. The summed E-state index contributed by atoms with van der Waals surface area (Å²) in [7, 11) is 1.70. The fourth-order valence-corrected chi connectivity index (χ4v) is 3.89. The third-order valence-corrected chi connectivity index (χ3v) is 5.07. The first-order valence-electron chi connectivity index (χ1n) is 7.31. The first kappa shape index (κ1) is 13.4. The van der Waals surface area contributed by atoms with Crippen molar-refractivity contribution in [1.82, 2.24) is 0 Å². The summed E-state index contributed by atoms with van der Waals surface area (Å²) in [4.78, 5) is 0. The van der Waals surface area contributed by atoms with Crippen LogP contribution in [0.25, 0.3) is 32.0 Å². The Kier molecular flexibility index (Phi) is 3.12. The Hall–Kier alpha value is -2.32. The Labute approximate surface area is 133 Å². The summed E-state index contributed by atoms with van der Waals surface area (Å²) in [6.07, 6.45) is 0. The summed E-state index contributed by atoms with van der Waals surface area (Å²) in [6, 6.07) is 19.5. The molecule has 1 nitrogen and oxygen atoms in total. The average Bonchev–Trinajstić information content (AvgIpc) is 3.02. The molecular weight excluding hydrogens is 288 g/mol. The maximum absolute atomic E-state index is 5.27. The SMILES string of the molecule is COc1ccc(-c2cc3ccsc3c3ccc(C)cc23)cc1. The molecule has 0 unspecified atom stereocenters. The molecule has 0 aliphatic rings. The highest BCUT2D eigenvalue weighted by Crippen LogP contribution is 2.38. The first-order valence-corrected chi connectivity index (χ1v) is 8.19. The molecule has 0 aliphatic heterocycles. The van der Waals surface area contributed by atoms with Gasteiger partial charge in [-0.05, 0) is 58.5 Å². The summed E-state index contributed by atoms with van der Waals surface area (Å²) in [5.41, 5.74) is 3.80. The van der Waals surface area contributed by atoms with E-state index in [-0.39, 0.29) is 0 Å². The van der Waals surface area contributed by atoms with Crippen molar-refractivity contribution in [2.45, 2.75) is 6.92 Å². The maximum Gasteiger partial charge on any atom is 0.118 e. The van der Waals surface area contributed by atoms with Crippen LogP contribution >= 0.6 is 11.3 Å². The second kappa shape index (κ2) is 5.15. The van der Waals surface area contributed by atoms with Gasteiger partial charge in [0.15, 0.2) is 0 Å². The van der Waals surface area contributed by atoms with Gasteiger partial charge in [-0.15, -0.1) is 11.3 Å². The van der Waals surface area contributed by atoms with Gasteiger partial charge in [0, 0.05) is 10.1 Å². The van der Waals surface area contributed by atoms with Gasteiger partial charge in [0.05, 0.1) is 7.11 Å². The molecular formula is C20H16OS. The van der Waals surface area contributed by atoms with Crippen molar-refractivity contribution in [2.24, 2.45) is 0 Å². The topological polar surface area (TPSA) is 9.23 Å². The van der Waals surface area contributed by atoms with Crippen LogP contribution in [-0.2, 0) is 0 Å². The predicted octanol–water partition coefficient (Wildman–Crippen LogP) is 6.04. The second-order valence-corrected chi connectivity index (χ2v) is 6.46. The fraction of sp³-hybridized carbons (Fsp3) is 0.100. The predicted molar refractivity (Wildman–Crippen MR) is 96.1 cm³/mol. The van der Waals surface area contributed by atoms with Crippen LogP contribution in [0.4, 0.5) is 0 Å². The highest BCUT2D eigenvalue weighted by atomic mass is 32.1. The summed E-state index contributed by atoms with van der Waals surface area (Å²) < 4.78 is 6.64. The molecule has 0 N–H and O–H groups in total. The van der Waals surface area contributed by atoms with E-state index in [1.54, 1.807) is 7.11 Å². The molecule has 22 heavy (non-hydrogen) atoms. The van der Waals surface area contributed by atoms with E-state index in [2.05, 4.69) is 54.8 Å². The van der Waals surface area contributed by atoms with E-state index in [1.165, 1.54) is 37.5 Å². The molecule has 0 bridgehead atoms. The Morgan fingerprint density at radius 1 is 0.864 bits per heavy atom. The number of aryl methyl sites for hydroxylation is 1. The third kappa shape index (κ3) is 2.08. The first-order chi connectivity index (χ1) is 10.8. The zero-order valence-corrected chi connectivity index (χ0v) is 13.4. The van der Waals surface area contributed by atoms with Gasteiger partial charge in [-0.2, -0.15) is 0 Å². The van der Waals surface area contributed by atoms with Crippen LogP contribution in [0.15, 0.2) is 60.0 Å². The number of rotatable bonds is 2. The Morgan fingerprint density at radius 2 is 1.68 bits per heavy atom. The molecule has 0 amide bonds. The molecule has 0 saturated carbocycles. The monoisotopic (exact) mass is 304 g/mol.